The third-order valence-electron chi connectivity index (χ3n) is 5.02. The highest BCUT2D eigenvalue weighted by atomic mass is 35.5. The Morgan fingerprint density at radius 1 is 0.800 bits per heavy atom. The second-order valence-corrected chi connectivity index (χ2v) is 8.56. The van der Waals surface area contributed by atoms with Crippen molar-refractivity contribution in [3.63, 3.8) is 0 Å². The van der Waals surface area contributed by atoms with E-state index in [0.29, 0.717) is 12.5 Å². The van der Waals surface area contributed by atoms with Crippen molar-refractivity contribution in [3.8, 4) is 17.2 Å². The summed E-state index contributed by atoms with van der Waals surface area (Å²) in [5.74, 6) is 2.93. The quantitative estimate of drug-likeness (QED) is 0.278. The van der Waals surface area contributed by atoms with Gasteiger partial charge in [-0.15, -0.1) is 23.2 Å². The molecule has 3 aromatic rings. The van der Waals surface area contributed by atoms with Gasteiger partial charge in [0.05, 0.1) is 6.61 Å². The Labute approximate surface area is 189 Å². The van der Waals surface area contributed by atoms with Crippen molar-refractivity contribution in [2.75, 3.05) is 6.61 Å². The molecule has 0 saturated heterocycles. The summed E-state index contributed by atoms with van der Waals surface area (Å²) >= 11 is 12.2. The maximum atomic E-state index is 6.12. The van der Waals surface area contributed by atoms with Crippen LogP contribution in [0.2, 0.25) is 0 Å². The minimum atomic E-state index is -0.371. The van der Waals surface area contributed by atoms with Gasteiger partial charge in [-0.05, 0) is 86.1 Å². The maximum absolute atomic E-state index is 6.12. The van der Waals surface area contributed by atoms with Crippen LogP contribution < -0.4 is 9.47 Å². The van der Waals surface area contributed by atoms with Crippen molar-refractivity contribution >= 4 is 23.2 Å². The average Bonchev–Trinajstić information content (AvgIpc) is 2.75. The fraction of sp³-hybridized carbons (Fsp3) is 0.308. The molecular formula is C26H28Cl2O2. The second-order valence-electron chi connectivity index (χ2n) is 7.28. The lowest BCUT2D eigenvalue weighted by Crippen LogP contribution is -2.05. The zero-order chi connectivity index (χ0) is 21.2. The first-order valence-electron chi connectivity index (χ1n) is 10.5. The number of halogens is 2. The second kappa shape index (κ2) is 11.9. The third-order valence-corrected chi connectivity index (χ3v) is 5.38. The molecule has 158 valence electrons. The summed E-state index contributed by atoms with van der Waals surface area (Å²) in [6, 6.07) is 26.4. The zero-order valence-electron chi connectivity index (χ0n) is 17.3. The molecule has 3 rings (SSSR count). The molecule has 30 heavy (non-hydrogen) atoms. The van der Waals surface area contributed by atoms with E-state index in [0.717, 1.165) is 42.9 Å². The molecule has 2 nitrogen and oxygen atoms in total. The molecule has 1 atom stereocenters. The summed E-state index contributed by atoms with van der Waals surface area (Å²) in [4.78, 5) is -0.371. The normalized spacial score (nSPS) is 12.0. The molecule has 0 N–H and O–H groups in total. The minimum Gasteiger partial charge on any atom is -0.494 e. The van der Waals surface area contributed by atoms with E-state index in [9.17, 15) is 0 Å². The first-order valence-corrected chi connectivity index (χ1v) is 11.3. The first kappa shape index (κ1) is 22.5. The van der Waals surface area contributed by atoms with E-state index in [-0.39, 0.29) is 4.84 Å². The van der Waals surface area contributed by atoms with Gasteiger partial charge >= 0.3 is 0 Å². The Morgan fingerprint density at radius 3 is 2.23 bits per heavy atom. The molecule has 0 aliphatic carbocycles. The van der Waals surface area contributed by atoms with Gasteiger partial charge in [0.2, 0.25) is 0 Å². The largest absolute Gasteiger partial charge is 0.494 e. The molecule has 0 spiro atoms. The van der Waals surface area contributed by atoms with E-state index in [1.165, 1.54) is 11.1 Å². The van der Waals surface area contributed by atoms with E-state index in [1.54, 1.807) is 0 Å². The predicted octanol–water partition coefficient (Wildman–Crippen LogP) is 8.18. The molecule has 0 radical (unpaired) electrons. The van der Waals surface area contributed by atoms with Crippen molar-refractivity contribution in [1.82, 2.24) is 0 Å². The van der Waals surface area contributed by atoms with Crippen molar-refractivity contribution in [1.29, 1.82) is 0 Å². The molecule has 4 heteroatoms. The number of rotatable bonds is 11. The SMILES string of the molecule is CCOc1ccc(C(CCCc2cccc(Oc3ccccc3)c2)CC(Cl)Cl)cc1. The van der Waals surface area contributed by atoms with Crippen molar-refractivity contribution in [3.05, 3.63) is 90.0 Å². The molecule has 0 heterocycles. The van der Waals surface area contributed by atoms with Gasteiger partial charge in [0.15, 0.2) is 0 Å². The van der Waals surface area contributed by atoms with Crippen LogP contribution in [-0.2, 0) is 6.42 Å². The van der Waals surface area contributed by atoms with Gasteiger partial charge in [0.25, 0.3) is 0 Å². The smallest absolute Gasteiger partial charge is 0.127 e. The topological polar surface area (TPSA) is 18.5 Å². The average molecular weight is 443 g/mol. The van der Waals surface area contributed by atoms with E-state index in [2.05, 4.69) is 24.3 Å². The van der Waals surface area contributed by atoms with Gasteiger partial charge in [-0.25, -0.2) is 0 Å². The molecule has 0 fully saturated rings. The summed E-state index contributed by atoms with van der Waals surface area (Å²) < 4.78 is 11.5. The van der Waals surface area contributed by atoms with E-state index < -0.39 is 0 Å². The van der Waals surface area contributed by atoms with Gasteiger partial charge in [0, 0.05) is 0 Å². The lowest BCUT2D eigenvalue weighted by molar-refractivity contribution is 0.340. The molecule has 3 aromatic carbocycles. The van der Waals surface area contributed by atoms with Gasteiger partial charge in [-0.1, -0.05) is 42.5 Å². The number of hydrogen-bond donors (Lipinski definition) is 0. The van der Waals surface area contributed by atoms with Gasteiger partial charge in [-0.3, -0.25) is 0 Å². The van der Waals surface area contributed by atoms with E-state index in [1.807, 2.05) is 61.5 Å². The van der Waals surface area contributed by atoms with Gasteiger partial charge in [-0.2, -0.15) is 0 Å². The summed E-state index contributed by atoms with van der Waals surface area (Å²) in [6.07, 6.45) is 3.80. The Kier molecular flexibility index (Phi) is 8.92. The van der Waals surface area contributed by atoms with Gasteiger partial charge < -0.3 is 9.47 Å². The Morgan fingerprint density at radius 2 is 1.53 bits per heavy atom. The third kappa shape index (κ3) is 7.27. The van der Waals surface area contributed by atoms with Crippen LogP contribution in [0.3, 0.4) is 0 Å². The Hall–Kier alpha value is -2.16. The standard InChI is InChI=1S/C26H28Cl2O2/c1-2-29-23-16-14-21(15-17-23)22(19-26(27)28)10-6-8-20-9-7-13-25(18-20)30-24-11-4-3-5-12-24/h3-5,7,9,11-18,22,26H,2,6,8,10,19H2,1H3. The predicted molar refractivity (Wildman–Crippen MR) is 126 cm³/mol. The lowest BCUT2D eigenvalue weighted by Gasteiger charge is -2.18. The monoisotopic (exact) mass is 442 g/mol. The summed E-state index contributed by atoms with van der Waals surface area (Å²) in [5.41, 5.74) is 2.52. The van der Waals surface area contributed by atoms with Gasteiger partial charge in [0.1, 0.15) is 22.1 Å². The summed E-state index contributed by atoms with van der Waals surface area (Å²) in [5, 5.41) is 0. The van der Waals surface area contributed by atoms with Crippen LogP contribution in [0.25, 0.3) is 0 Å². The number of alkyl halides is 2. The van der Waals surface area contributed by atoms with Crippen LogP contribution in [0.1, 0.15) is 43.2 Å². The highest BCUT2D eigenvalue weighted by molar-refractivity contribution is 6.44. The van der Waals surface area contributed by atoms with Crippen molar-refractivity contribution < 1.29 is 9.47 Å². The summed E-state index contributed by atoms with van der Waals surface area (Å²) in [7, 11) is 0. The molecule has 0 saturated carbocycles. The molecule has 0 bridgehead atoms. The van der Waals surface area contributed by atoms with Crippen LogP contribution in [0, 0.1) is 0 Å². The van der Waals surface area contributed by atoms with Crippen LogP contribution in [-0.4, -0.2) is 11.4 Å². The van der Waals surface area contributed by atoms with Crippen LogP contribution in [0.5, 0.6) is 17.2 Å². The fourth-order valence-corrected chi connectivity index (χ4v) is 4.01. The van der Waals surface area contributed by atoms with Crippen LogP contribution in [0.4, 0.5) is 0 Å². The highest BCUT2D eigenvalue weighted by Crippen LogP contribution is 2.31. The van der Waals surface area contributed by atoms with Crippen molar-refractivity contribution in [2.45, 2.75) is 43.4 Å². The number of hydrogen-bond acceptors (Lipinski definition) is 2. The maximum Gasteiger partial charge on any atom is 0.127 e. The lowest BCUT2D eigenvalue weighted by atomic mass is 9.90. The van der Waals surface area contributed by atoms with E-state index in [4.69, 9.17) is 32.7 Å². The molecular weight excluding hydrogens is 415 g/mol. The Bertz CT molecular complexity index is 879. The molecule has 0 aromatic heterocycles. The van der Waals surface area contributed by atoms with Crippen molar-refractivity contribution in [2.24, 2.45) is 0 Å². The van der Waals surface area contributed by atoms with Crippen LogP contribution >= 0.6 is 23.2 Å². The number of benzene rings is 3. The highest BCUT2D eigenvalue weighted by Gasteiger charge is 2.15. The number of para-hydroxylation sites is 1. The van der Waals surface area contributed by atoms with E-state index >= 15 is 0 Å². The molecule has 0 aliphatic heterocycles. The number of ether oxygens (including phenoxy) is 2. The van der Waals surface area contributed by atoms with Crippen LogP contribution in [0.15, 0.2) is 78.9 Å². The first-order chi connectivity index (χ1) is 14.6. The zero-order valence-corrected chi connectivity index (χ0v) is 18.8. The Balaban J connectivity index is 1.58. The fourth-order valence-electron chi connectivity index (χ4n) is 3.58. The number of aryl methyl sites for hydroxylation is 1. The summed E-state index contributed by atoms with van der Waals surface area (Å²) in [6.45, 7) is 2.66. The molecule has 0 aliphatic rings. The molecule has 1 unspecified atom stereocenters. The molecule has 0 amide bonds. The minimum absolute atomic E-state index is 0.324.